The second-order valence-corrected chi connectivity index (χ2v) is 8.85. The predicted molar refractivity (Wildman–Crippen MR) is 104 cm³/mol. The van der Waals surface area contributed by atoms with Crippen LogP contribution in [0.3, 0.4) is 0 Å². The van der Waals surface area contributed by atoms with E-state index in [4.69, 9.17) is 4.74 Å². The number of sulfonamides is 1. The Balaban J connectivity index is 1.48. The number of halogens is 3. The molecule has 3 rings (SSSR count). The molecule has 0 atom stereocenters. The highest BCUT2D eigenvalue weighted by atomic mass is 32.2. The Labute approximate surface area is 176 Å². The van der Waals surface area contributed by atoms with Crippen molar-refractivity contribution in [2.24, 2.45) is 5.92 Å². The van der Waals surface area contributed by atoms with Crippen molar-refractivity contribution in [3.63, 3.8) is 0 Å². The topological polar surface area (TPSA) is 92.8 Å². The minimum absolute atomic E-state index is 0.0420. The summed E-state index contributed by atoms with van der Waals surface area (Å²) >= 11 is 0. The molecule has 1 saturated heterocycles. The molecule has 1 heterocycles. The van der Waals surface area contributed by atoms with E-state index in [9.17, 15) is 31.2 Å². The highest BCUT2D eigenvalue weighted by molar-refractivity contribution is 7.89. The number of benzene rings is 2. The first-order chi connectivity index (χ1) is 14.7. The van der Waals surface area contributed by atoms with Gasteiger partial charge >= 0.3 is 5.97 Å². The number of piperidine rings is 1. The van der Waals surface area contributed by atoms with Gasteiger partial charge in [-0.05, 0) is 49.2 Å². The third-order valence-corrected chi connectivity index (χ3v) is 6.70. The molecule has 1 fully saturated rings. The van der Waals surface area contributed by atoms with E-state index in [0.717, 1.165) is 24.3 Å². The van der Waals surface area contributed by atoms with Gasteiger partial charge in [-0.2, -0.15) is 4.31 Å². The molecule has 0 aromatic heterocycles. The molecule has 0 aliphatic carbocycles. The number of anilines is 1. The number of ether oxygens (including phenoxy) is 1. The fourth-order valence-corrected chi connectivity index (χ4v) is 4.59. The number of hydrogen-bond donors (Lipinski definition) is 1. The molecule has 11 heteroatoms. The molecule has 2 aromatic rings. The summed E-state index contributed by atoms with van der Waals surface area (Å²) < 4.78 is 70.8. The van der Waals surface area contributed by atoms with Gasteiger partial charge in [0.2, 0.25) is 10.0 Å². The van der Waals surface area contributed by atoms with E-state index in [2.05, 4.69) is 5.32 Å². The van der Waals surface area contributed by atoms with E-state index in [1.165, 1.54) is 16.4 Å². The lowest BCUT2D eigenvalue weighted by molar-refractivity contribution is -0.152. The number of nitrogens with zero attached hydrogens (tertiary/aromatic N) is 1. The van der Waals surface area contributed by atoms with Crippen LogP contribution in [0.15, 0.2) is 47.4 Å². The van der Waals surface area contributed by atoms with Crippen molar-refractivity contribution in [3.8, 4) is 0 Å². The Bertz CT molecular complexity index is 1070. The van der Waals surface area contributed by atoms with Gasteiger partial charge in [-0.1, -0.05) is 0 Å². The third kappa shape index (κ3) is 5.61. The molecule has 31 heavy (non-hydrogen) atoms. The van der Waals surface area contributed by atoms with Crippen LogP contribution in [0.4, 0.5) is 18.9 Å². The predicted octanol–water partition coefficient (Wildman–Crippen LogP) is 2.69. The summed E-state index contributed by atoms with van der Waals surface area (Å²) in [5.41, 5.74) is -0.248. The van der Waals surface area contributed by atoms with E-state index in [-0.39, 0.29) is 36.5 Å². The van der Waals surface area contributed by atoms with E-state index in [0.29, 0.717) is 6.07 Å². The summed E-state index contributed by atoms with van der Waals surface area (Å²) in [5.74, 6) is -4.38. The van der Waals surface area contributed by atoms with Gasteiger partial charge in [0.1, 0.15) is 17.5 Å². The van der Waals surface area contributed by atoms with Crippen LogP contribution in [0, 0.1) is 23.4 Å². The molecule has 1 aliphatic heterocycles. The molecule has 0 bridgehead atoms. The molecule has 1 amide bonds. The summed E-state index contributed by atoms with van der Waals surface area (Å²) in [6.07, 6.45) is 0.376. The zero-order valence-corrected chi connectivity index (χ0v) is 17.0. The molecule has 0 spiro atoms. The zero-order valence-electron chi connectivity index (χ0n) is 16.2. The van der Waals surface area contributed by atoms with Crippen LogP contribution >= 0.6 is 0 Å². The van der Waals surface area contributed by atoms with Crippen LogP contribution < -0.4 is 5.32 Å². The lowest BCUT2D eigenvalue weighted by atomic mass is 9.98. The van der Waals surface area contributed by atoms with Gasteiger partial charge in [-0.25, -0.2) is 21.6 Å². The monoisotopic (exact) mass is 456 g/mol. The van der Waals surface area contributed by atoms with Crippen molar-refractivity contribution < 1.29 is 35.9 Å². The van der Waals surface area contributed by atoms with Crippen molar-refractivity contribution in [2.45, 2.75) is 17.7 Å². The number of carbonyl (C=O) groups is 2. The van der Waals surface area contributed by atoms with Crippen molar-refractivity contribution in [2.75, 3.05) is 25.0 Å². The maximum Gasteiger partial charge on any atom is 0.309 e. The summed E-state index contributed by atoms with van der Waals surface area (Å²) in [6.45, 7) is -0.539. The van der Waals surface area contributed by atoms with E-state index in [1.807, 2.05) is 0 Å². The largest absolute Gasteiger partial charge is 0.455 e. The summed E-state index contributed by atoms with van der Waals surface area (Å²) in [5, 5.41) is 2.17. The van der Waals surface area contributed by atoms with E-state index >= 15 is 0 Å². The molecule has 0 radical (unpaired) electrons. The number of esters is 1. The third-order valence-electron chi connectivity index (χ3n) is 4.79. The van der Waals surface area contributed by atoms with Crippen LogP contribution in [0.2, 0.25) is 0 Å². The summed E-state index contributed by atoms with van der Waals surface area (Å²) in [4.78, 5) is 24.0. The Morgan fingerprint density at radius 3 is 2.23 bits per heavy atom. The van der Waals surface area contributed by atoms with Crippen LogP contribution in [0.25, 0.3) is 0 Å². The van der Waals surface area contributed by atoms with Gasteiger partial charge < -0.3 is 10.1 Å². The van der Waals surface area contributed by atoms with Crippen LogP contribution in [-0.2, 0) is 24.3 Å². The molecular formula is C20H19F3N2O5S. The lowest BCUT2D eigenvalue weighted by Crippen LogP contribution is -2.40. The molecule has 0 saturated carbocycles. The van der Waals surface area contributed by atoms with E-state index < -0.39 is 51.9 Å². The Kier molecular flexibility index (Phi) is 6.96. The zero-order chi connectivity index (χ0) is 22.6. The molecule has 1 N–H and O–H groups in total. The summed E-state index contributed by atoms with van der Waals surface area (Å²) in [7, 11) is -3.81. The second kappa shape index (κ2) is 9.48. The number of rotatable bonds is 6. The SMILES string of the molecule is O=C(COC(=O)C1CCN(S(=O)(=O)c2ccc(F)cc2)CC1)Nc1ccc(F)cc1F. The van der Waals surface area contributed by atoms with Gasteiger partial charge in [0.05, 0.1) is 16.5 Å². The molecule has 1 aliphatic rings. The average molecular weight is 456 g/mol. The number of hydrogen-bond acceptors (Lipinski definition) is 5. The molecular weight excluding hydrogens is 437 g/mol. The maximum absolute atomic E-state index is 13.5. The van der Waals surface area contributed by atoms with Gasteiger partial charge in [0.15, 0.2) is 6.61 Å². The Hall–Kier alpha value is -2.92. The fourth-order valence-electron chi connectivity index (χ4n) is 3.12. The first kappa shape index (κ1) is 22.8. The van der Waals surface area contributed by atoms with Crippen molar-refractivity contribution in [1.29, 1.82) is 0 Å². The first-order valence-corrected chi connectivity index (χ1v) is 10.8. The minimum Gasteiger partial charge on any atom is -0.455 e. The highest BCUT2D eigenvalue weighted by Crippen LogP contribution is 2.25. The minimum atomic E-state index is -3.81. The van der Waals surface area contributed by atoms with Gasteiger partial charge in [0.25, 0.3) is 5.91 Å². The number of carbonyl (C=O) groups excluding carboxylic acids is 2. The standard InChI is InChI=1S/C20H19F3N2O5S/c21-14-1-4-16(5-2-14)31(28,29)25-9-7-13(8-10-25)20(27)30-12-19(26)24-18-6-3-15(22)11-17(18)23/h1-6,11,13H,7-10,12H2,(H,24,26). The number of amides is 1. The maximum atomic E-state index is 13.5. The smallest absolute Gasteiger partial charge is 0.309 e. The first-order valence-electron chi connectivity index (χ1n) is 9.34. The average Bonchev–Trinajstić information content (AvgIpc) is 2.74. The highest BCUT2D eigenvalue weighted by Gasteiger charge is 2.33. The van der Waals surface area contributed by atoms with Crippen molar-refractivity contribution in [3.05, 3.63) is 59.9 Å². The fraction of sp³-hybridized carbons (Fsp3) is 0.300. The van der Waals surface area contributed by atoms with Crippen molar-refractivity contribution in [1.82, 2.24) is 4.31 Å². The molecule has 0 unspecified atom stereocenters. The second-order valence-electron chi connectivity index (χ2n) is 6.91. The molecule has 166 valence electrons. The lowest BCUT2D eigenvalue weighted by Gasteiger charge is -2.30. The van der Waals surface area contributed by atoms with E-state index in [1.54, 1.807) is 0 Å². The van der Waals surface area contributed by atoms with Crippen molar-refractivity contribution >= 4 is 27.6 Å². The quantitative estimate of drug-likeness (QED) is 0.675. The Morgan fingerprint density at radius 2 is 1.61 bits per heavy atom. The normalized spacial score (nSPS) is 15.5. The van der Waals surface area contributed by atoms with Gasteiger partial charge in [-0.15, -0.1) is 0 Å². The molecule has 7 nitrogen and oxygen atoms in total. The van der Waals surface area contributed by atoms with Crippen LogP contribution in [-0.4, -0.2) is 44.3 Å². The van der Waals surface area contributed by atoms with Gasteiger partial charge in [0, 0.05) is 19.2 Å². The van der Waals surface area contributed by atoms with Gasteiger partial charge in [-0.3, -0.25) is 9.59 Å². The van der Waals surface area contributed by atoms with Crippen LogP contribution in [0.5, 0.6) is 0 Å². The summed E-state index contributed by atoms with van der Waals surface area (Å²) in [6, 6.07) is 7.08. The van der Waals surface area contributed by atoms with Crippen LogP contribution in [0.1, 0.15) is 12.8 Å². The number of nitrogens with one attached hydrogen (secondary N) is 1. The Morgan fingerprint density at radius 1 is 1.00 bits per heavy atom. The molecule has 2 aromatic carbocycles.